The zero-order valence-electron chi connectivity index (χ0n) is 34.1. The van der Waals surface area contributed by atoms with E-state index in [0.29, 0.717) is 35.0 Å². The molecule has 0 aromatic heterocycles. The number of hydrogen-bond donors (Lipinski definition) is 3. The fourth-order valence-corrected chi connectivity index (χ4v) is 10.3. The molecule has 0 radical (unpaired) electrons. The normalized spacial score (nSPS) is 18.6. The predicted octanol–water partition coefficient (Wildman–Crippen LogP) is 13.9. The first-order valence-electron chi connectivity index (χ1n) is 21.4. The summed E-state index contributed by atoms with van der Waals surface area (Å²) >= 11 is 0. The maximum absolute atomic E-state index is 11.1. The van der Waals surface area contributed by atoms with Gasteiger partial charge in [-0.25, -0.2) is 0 Å². The number of benzene rings is 4. The summed E-state index contributed by atoms with van der Waals surface area (Å²) in [6.45, 7) is 14.1. The summed E-state index contributed by atoms with van der Waals surface area (Å²) in [6, 6.07) is 26.4. The van der Waals surface area contributed by atoms with Gasteiger partial charge >= 0.3 is 0 Å². The molecule has 0 aliphatic heterocycles. The van der Waals surface area contributed by atoms with Gasteiger partial charge in [0.1, 0.15) is 17.2 Å². The second kappa shape index (κ2) is 15.4. The molecule has 0 atom stereocenters. The highest BCUT2D eigenvalue weighted by atomic mass is 16.3. The molecule has 3 N–H and O–H groups in total. The third kappa shape index (κ3) is 7.59. The minimum Gasteiger partial charge on any atom is -0.508 e. The van der Waals surface area contributed by atoms with E-state index in [-0.39, 0.29) is 16.2 Å². The minimum atomic E-state index is -0.335. The van der Waals surface area contributed by atoms with Crippen molar-refractivity contribution in [1.29, 1.82) is 0 Å². The van der Waals surface area contributed by atoms with Crippen molar-refractivity contribution in [3.63, 3.8) is 0 Å². The molecule has 3 aliphatic carbocycles. The van der Waals surface area contributed by atoms with Gasteiger partial charge in [-0.05, 0) is 125 Å². The molecule has 0 unspecified atom stereocenters. The largest absolute Gasteiger partial charge is 0.508 e. The highest BCUT2D eigenvalue weighted by molar-refractivity contribution is 5.54. The molecule has 0 heterocycles. The van der Waals surface area contributed by atoms with Crippen LogP contribution in [0.25, 0.3) is 0 Å². The lowest BCUT2D eigenvalue weighted by molar-refractivity contribution is 0.413. The van der Waals surface area contributed by atoms with Crippen LogP contribution in [0.4, 0.5) is 0 Å². The Balaban J connectivity index is 1.36. The van der Waals surface area contributed by atoms with Crippen molar-refractivity contribution in [2.75, 3.05) is 0 Å². The topological polar surface area (TPSA) is 60.7 Å². The average Bonchev–Trinajstić information content (AvgIpc) is 3.19. The Bertz CT molecular complexity index is 1690. The molecular formula is C51H66O3. The van der Waals surface area contributed by atoms with Gasteiger partial charge in [-0.1, -0.05) is 154 Å². The molecular weight excluding hydrogens is 661 g/mol. The Morgan fingerprint density at radius 2 is 0.574 bits per heavy atom. The summed E-state index contributed by atoms with van der Waals surface area (Å²) in [5.41, 5.74) is 9.78. The van der Waals surface area contributed by atoms with Crippen LogP contribution < -0.4 is 0 Å². The second-order valence-corrected chi connectivity index (χ2v) is 19.0. The molecule has 4 aromatic rings. The number of hydrogen-bond acceptors (Lipinski definition) is 3. The smallest absolute Gasteiger partial charge is 0.119 e. The highest BCUT2D eigenvalue weighted by Crippen LogP contribution is 2.47. The maximum Gasteiger partial charge on any atom is 0.119 e. The van der Waals surface area contributed by atoms with E-state index < -0.39 is 0 Å². The minimum absolute atomic E-state index is 0.335. The Kier molecular flexibility index (Phi) is 11.0. The maximum atomic E-state index is 11.1. The van der Waals surface area contributed by atoms with Crippen LogP contribution in [0.3, 0.4) is 0 Å². The Morgan fingerprint density at radius 3 is 0.815 bits per heavy atom. The van der Waals surface area contributed by atoms with Crippen molar-refractivity contribution >= 4 is 0 Å². The molecule has 0 amide bonds. The van der Waals surface area contributed by atoms with Crippen LogP contribution in [-0.2, 0) is 16.2 Å². The van der Waals surface area contributed by atoms with Crippen LogP contribution in [0.2, 0.25) is 0 Å². The standard InChI is InChI=1S/C51H66O3/c1-49(2,37-22-25-46(52)43(31-37)34-16-10-7-11-17-34)40-28-41(50(3,4)38-23-26-47(53)44(32-38)35-18-12-8-13-19-35)30-42(29-40)51(5,6)39-24-27-48(54)45(33-39)36-20-14-9-15-21-36/h22-36,52-54H,7-21H2,1-6H3. The third-order valence-electron chi connectivity index (χ3n) is 14.5. The molecule has 3 aliphatic rings. The van der Waals surface area contributed by atoms with Crippen molar-refractivity contribution < 1.29 is 15.3 Å². The first kappa shape index (κ1) is 38.6. The van der Waals surface area contributed by atoms with Gasteiger partial charge in [0.2, 0.25) is 0 Å². The zero-order valence-corrected chi connectivity index (χ0v) is 34.1. The number of phenolic OH excluding ortho intramolecular Hbond substituents is 3. The lowest BCUT2D eigenvalue weighted by Gasteiger charge is -2.36. The molecule has 3 nitrogen and oxygen atoms in total. The van der Waals surface area contributed by atoms with Gasteiger partial charge in [0, 0.05) is 16.2 Å². The van der Waals surface area contributed by atoms with E-state index in [2.05, 4.69) is 96.1 Å². The molecule has 0 spiro atoms. The van der Waals surface area contributed by atoms with Crippen LogP contribution in [0.15, 0.2) is 72.8 Å². The summed E-state index contributed by atoms with van der Waals surface area (Å²) in [5.74, 6) is 2.53. The van der Waals surface area contributed by atoms with Crippen molar-refractivity contribution in [2.24, 2.45) is 0 Å². The monoisotopic (exact) mass is 727 g/mol. The van der Waals surface area contributed by atoms with Gasteiger partial charge in [-0.3, -0.25) is 0 Å². The van der Waals surface area contributed by atoms with Crippen molar-refractivity contribution in [2.45, 2.75) is 172 Å². The Morgan fingerprint density at radius 1 is 0.333 bits per heavy atom. The highest BCUT2D eigenvalue weighted by Gasteiger charge is 2.35. The fourth-order valence-electron chi connectivity index (χ4n) is 10.3. The van der Waals surface area contributed by atoms with E-state index in [9.17, 15) is 15.3 Å². The summed E-state index contributed by atoms with van der Waals surface area (Å²) in [4.78, 5) is 0. The van der Waals surface area contributed by atoms with Crippen LogP contribution in [0.1, 0.15) is 206 Å². The summed E-state index contributed by atoms with van der Waals surface area (Å²) < 4.78 is 0. The van der Waals surface area contributed by atoms with Crippen molar-refractivity contribution in [3.05, 3.63) is 123 Å². The number of phenols is 3. The first-order chi connectivity index (χ1) is 25.8. The van der Waals surface area contributed by atoms with E-state index in [1.165, 1.54) is 91.2 Å². The molecule has 3 saturated carbocycles. The van der Waals surface area contributed by atoms with Crippen molar-refractivity contribution in [3.8, 4) is 17.2 Å². The van der Waals surface area contributed by atoms with E-state index in [1.807, 2.05) is 18.2 Å². The molecule has 7 rings (SSSR count). The van der Waals surface area contributed by atoms with E-state index in [4.69, 9.17) is 0 Å². The van der Waals surface area contributed by atoms with Crippen molar-refractivity contribution in [1.82, 2.24) is 0 Å². The lowest BCUT2D eigenvalue weighted by atomic mass is 9.68. The second-order valence-electron chi connectivity index (χ2n) is 19.0. The summed E-state index contributed by atoms with van der Waals surface area (Å²) in [7, 11) is 0. The molecule has 0 bridgehead atoms. The van der Waals surface area contributed by atoms with Gasteiger partial charge in [0.15, 0.2) is 0 Å². The van der Waals surface area contributed by atoms with Gasteiger partial charge < -0.3 is 15.3 Å². The Hall–Kier alpha value is -3.72. The molecule has 0 saturated heterocycles. The number of aromatic hydroxyl groups is 3. The van der Waals surface area contributed by atoms with Gasteiger partial charge in [0.25, 0.3) is 0 Å². The van der Waals surface area contributed by atoms with Crippen LogP contribution in [-0.4, -0.2) is 15.3 Å². The Labute approximate surface area is 326 Å². The van der Waals surface area contributed by atoms with Gasteiger partial charge in [0.05, 0.1) is 0 Å². The third-order valence-corrected chi connectivity index (χ3v) is 14.5. The first-order valence-corrected chi connectivity index (χ1v) is 21.4. The molecule has 54 heavy (non-hydrogen) atoms. The lowest BCUT2D eigenvalue weighted by Crippen LogP contribution is -2.27. The van der Waals surface area contributed by atoms with Gasteiger partial charge in [-0.2, -0.15) is 0 Å². The zero-order chi connectivity index (χ0) is 38.3. The fraction of sp³-hybridized carbons (Fsp3) is 0.529. The molecule has 4 aromatic carbocycles. The van der Waals surface area contributed by atoms with Crippen LogP contribution in [0.5, 0.6) is 17.2 Å². The van der Waals surface area contributed by atoms with Crippen LogP contribution in [0, 0.1) is 0 Å². The van der Waals surface area contributed by atoms with Crippen LogP contribution >= 0.6 is 0 Å². The summed E-state index contributed by atoms with van der Waals surface area (Å²) in [6.07, 6.45) is 18.1. The SMILES string of the molecule is CC(C)(c1cc(C(C)(C)c2ccc(O)c(C3CCCCC3)c2)cc(C(C)(C)c2ccc(O)c(C3CCCCC3)c2)c1)c1ccc(O)c(C2CCCCC2)c1. The van der Waals surface area contributed by atoms with E-state index >= 15 is 0 Å². The quantitative estimate of drug-likeness (QED) is 0.161. The predicted molar refractivity (Wildman–Crippen MR) is 225 cm³/mol. The average molecular weight is 727 g/mol. The summed E-state index contributed by atoms with van der Waals surface area (Å²) in [5, 5.41) is 33.3. The molecule has 288 valence electrons. The van der Waals surface area contributed by atoms with E-state index in [1.54, 1.807) is 0 Å². The number of rotatable bonds is 9. The van der Waals surface area contributed by atoms with E-state index in [0.717, 1.165) is 55.2 Å². The van der Waals surface area contributed by atoms with Gasteiger partial charge in [-0.15, -0.1) is 0 Å². The molecule has 3 heteroatoms. The molecule has 3 fully saturated rings.